The van der Waals surface area contributed by atoms with Gasteiger partial charge in [-0.2, -0.15) is 4.31 Å². The lowest BCUT2D eigenvalue weighted by Crippen LogP contribution is -2.64. The Morgan fingerprint density at radius 2 is 1.68 bits per heavy atom. The number of rotatable bonds is 3. The Labute approximate surface area is 133 Å². The molecule has 22 heavy (non-hydrogen) atoms. The number of piperazine rings is 1. The summed E-state index contributed by atoms with van der Waals surface area (Å²) in [6.07, 6.45) is -0.268. The summed E-state index contributed by atoms with van der Waals surface area (Å²) in [4.78, 5) is 16.0. The number of amides is 1. The Balaban J connectivity index is 1.76. The Kier molecular flexibility index (Phi) is 5.03. The Bertz CT molecular complexity index is 501. The summed E-state index contributed by atoms with van der Waals surface area (Å²) in [6, 6.07) is 0.280. The third-order valence-corrected chi connectivity index (χ3v) is 5.88. The van der Waals surface area contributed by atoms with E-state index in [9.17, 15) is 13.2 Å². The predicted molar refractivity (Wildman–Crippen MR) is 84.2 cm³/mol. The number of nitrogens with zero attached hydrogens (tertiary/aromatic N) is 3. The van der Waals surface area contributed by atoms with Crippen molar-refractivity contribution in [2.45, 2.75) is 39.3 Å². The van der Waals surface area contributed by atoms with Crippen molar-refractivity contribution in [1.82, 2.24) is 14.1 Å². The Morgan fingerprint density at radius 3 is 2.14 bits per heavy atom. The van der Waals surface area contributed by atoms with Crippen LogP contribution in [0.4, 0.5) is 4.79 Å². The SMILES string of the molecule is CCS(=O)(=O)N1CC(N2CCN(C(=O)OC(C)(C)C)CC2)C1. The average Bonchev–Trinajstić information content (AvgIpc) is 2.35. The van der Waals surface area contributed by atoms with Crippen molar-refractivity contribution in [1.29, 1.82) is 0 Å². The van der Waals surface area contributed by atoms with Crippen LogP contribution in [0.5, 0.6) is 0 Å². The molecule has 0 bridgehead atoms. The Hall–Kier alpha value is -0.860. The van der Waals surface area contributed by atoms with Crippen LogP contribution >= 0.6 is 0 Å². The van der Waals surface area contributed by atoms with Gasteiger partial charge in [0.15, 0.2) is 0 Å². The van der Waals surface area contributed by atoms with Crippen molar-refractivity contribution < 1.29 is 17.9 Å². The van der Waals surface area contributed by atoms with E-state index in [4.69, 9.17) is 4.74 Å². The van der Waals surface area contributed by atoms with Crippen molar-refractivity contribution >= 4 is 16.1 Å². The predicted octanol–water partition coefficient (Wildman–Crippen LogP) is 0.573. The standard InChI is InChI=1S/C14H27N3O4S/c1-5-22(19,20)17-10-12(11-17)15-6-8-16(9-7-15)13(18)21-14(2,3)4/h12H,5-11H2,1-4H3. The van der Waals surface area contributed by atoms with E-state index in [2.05, 4.69) is 4.90 Å². The number of carbonyl (C=O) groups excluding carboxylic acids is 1. The van der Waals surface area contributed by atoms with Crippen molar-refractivity contribution in [3.05, 3.63) is 0 Å². The molecule has 1 amide bonds. The molecule has 0 aromatic rings. The third kappa shape index (κ3) is 4.11. The molecule has 128 valence electrons. The smallest absolute Gasteiger partial charge is 0.410 e. The van der Waals surface area contributed by atoms with Crippen LogP contribution in [-0.2, 0) is 14.8 Å². The zero-order valence-corrected chi connectivity index (χ0v) is 14.7. The average molecular weight is 333 g/mol. The molecule has 2 heterocycles. The van der Waals surface area contributed by atoms with E-state index < -0.39 is 15.6 Å². The molecule has 0 aromatic carbocycles. The van der Waals surface area contributed by atoms with Crippen molar-refractivity contribution in [3.63, 3.8) is 0 Å². The van der Waals surface area contributed by atoms with Crippen LogP contribution in [-0.4, -0.2) is 85.3 Å². The van der Waals surface area contributed by atoms with E-state index in [0.29, 0.717) is 26.2 Å². The van der Waals surface area contributed by atoms with Gasteiger partial charge < -0.3 is 9.64 Å². The molecule has 2 rings (SSSR count). The van der Waals surface area contributed by atoms with Gasteiger partial charge in [0, 0.05) is 45.3 Å². The Morgan fingerprint density at radius 1 is 1.14 bits per heavy atom. The number of carbonyl (C=O) groups is 1. The van der Waals surface area contributed by atoms with Gasteiger partial charge in [-0.15, -0.1) is 0 Å². The molecule has 2 aliphatic rings. The summed E-state index contributed by atoms with van der Waals surface area (Å²) in [7, 11) is -3.06. The normalized spacial score (nSPS) is 22.5. The highest BCUT2D eigenvalue weighted by Crippen LogP contribution is 2.21. The van der Waals surface area contributed by atoms with Gasteiger partial charge in [0.2, 0.25) is 10.0 Å². The minimum absolute atomic E-state index is 0.159. The highest BCUT2D eigenvalue weighted by molar-refractivity contribution is 7.89. The summed E-state index contributed by atoms with van der Waals surface area (Å²) in [5.41, 5.74) is -0.475. The number of hydrogen-bond donors (Lipinski definition) is 0. The fourth-order valence-electron chi connectivity index (χ4n) is 2.65. The van der Waals surface area contributed by atoms with Gasteiger partial charge in [0.05, 0.1) is 5.75 Å². The molecule has 0 radical (unpaired) electrons. The first-order valence-corrected chi connectivity index (χ1v) is 9.43. The molecule has 0 aliphatic carbocycles. The van der Waals surface area contributed by atoms with Gasteiger partial charge in [-0.05, 0) is 27.7 Å². The van der Waals surface area contributed by atoms with Crippen LogP contribution in [0.2, 0.25) is 0 Å². The van der Waals surface area contributed by atoms with Gasteiger partial charge >= 0.3 is 6.09 Å². The maximum absolute atomic E-state index is 12.0. The number of ether oxygens (including phenoxy) is 1. The minimum Gasteiger partial charge on any atom is -0.444 e. The molecule has 8 heteroatoms. The van der Waals surface area contributed by atoms with Gasteiger partial charge in [-0.3, -0.25) is 4.90 Å². The van der Waals surface area contributed by atoms with Gasteiger partial charge in [-0.25, -0.2) is 13.2 Å². The first kappa shape index (κ1) is 17.5. The summed E-state index contributed by atoms with van der Waals surface area (Å²) in [5, 5.41) is 0. The van der Waals surface area contributed by atoms with Gasteiger partial charge in [0.1, 0.15) is 5.60 Å². The molecule has 2 aliphatic heterocycles. The zero-order valence-electron chi connectivity index (χ0n) is 13.9. The van der Waals surface area contributed by atoms with E-state index in [1.807, 2.05) is 20.8 Å². The maximum Gasteiger partial charge on any atom is 0.410 e. The summed E-state index contributed by atoms with van der Waals surface area (Å²) in [6.45, 7) is 11.2. The number of sulfonamides is 1. The lowest BCUT2D eigenvalue weighted by molar-refractivity contribution is 0.000978. The second-order valence-electron chi connectivity index (χ2n) is 6.87. The fraction of sp³-hybridized carbons (Fsp3) is 0.929. The number of hydrogen-bond acceptors (Lipinski definition) is 5. The molecule has 2 saturated heterocycles. The largest absolute Gasteiger partial charge is 0.444 e. The van der Waals surface area contributed by atoms with Gasteiger partial charge in [-0.1, -0.05) is 0 Å². The summed E-state index contributed by atoms with van der Waals surface area (Å²) in [5.74, 6) is 0.159. The molecular weight excluding hydrogens is 306 g/mol. The molecule has 0 N–H and O–H groups in total. The topological polar surface area (TPSA) is 70.2 Å². The minimum atomic E-state index is -3.06. The quantitative estimate of drug-likeness (QED) is 0.755. The highest BCUT2D eigenvalue weighted by atomic mass is 32.2. The lowest BCUT2D eigenvalue weighted by Gasteiger charge is -2.47. The van der Waals surface area contributed by atoms with Crippen molar-refractivity contribution in [2.24, 2.45) is 0 Å². The highest BCUT2D eigenvalue weighted by Gasteiger charge is 2.39. The second kappa shape index (κ2) is 6.33. The molecule has 0 saturated carbocycles. The molecule has 2 fully saturated rings. The molecule has 0 aromatic heterocycles. The summed E-state index contributed by atoms with van der Waals surface area (Å²) >= 11 is 0. The van der Waals surface area contributed by atoms with Crippen LogP contribution in [0.1, 0.15) is 27.7 Å². The van der Waals surface area contributed by atoms with E-state index in [1.165, 1.54) is 4.31 Å². The van der Waals surface area contributed by atoms with Gasteiger partial charge in [0.25, 0.3) is 0 Å². The van der Waals surface area contributed by atoms with Crippen LogP contribution in [0.25, 0.3) is 0 Å². The second-order valence-corrected chi connectivity index (χ2v) is 9.13. The van der Waals surface area contributed by atoms with Crippen molar-refractivity contribution in [3.8, 4) is 0 Å². The monoisotopic (exact) mass is 333 g/mol. The molecule has 0 spiro atoms. The first-order chi connectivity index (χ1) is 10.1. The van der Waals surface area contributed by atoms with Crippen LogP contribution < -0.4 is 0 Å². The van der Waals surface area contributed by atoms with E-state index >= 15 is 0 Å². The van der Waals surface area contributed by atoms with Crippen molar-refractivity contribution in [2.75, 3.05) is 45.0 Å². The third-order valence-electron chi connectivity index (χ3n) is 4.07. The van der Waals surface area contributed by atoms with E-state index in [1.54, 1.807) is 11.8 Å². The fourth-order valence-corrected chi connectivity index (χ4v) is 3.82. The molecule has 7 nitrogen and oxygen atoms in total. The van der Waals surface area contributed by atoms with Crippen LogP contribution in [0.3, 0.4) is 0 Å². The first-order valence-electron chi connectivity index (χ1n) is 7.82. The van der Waals surface area contributed by atoms with Crippen LogP contribution in [0, 0.1) is 0 Å². The molecular formula is C14H27N3O4S. The zero-order chi connectivity index (χ0) is 16.5. The summed E-state index contributed by atoms with van der Waals surface area (Å²) < 4.78 is 30.4. The van der Waals surface area contributed by atoms with E-state index in [-0.39, 0.29) is 17.9 Å². The molecule has 0 unspecified atom stereocenters. The lowest BCUT2D eigenvalue weighted by atomic mass is 10.1. The van der Waals surface area contributed by atoms with E-state index in [0.717, 1.165) is 13.1 Å². The molecule has 0 atom stereocenters. The van der Waals surface area contributed by atoms with Crippen LogP contribution in [0.15, 0.2) is 0 Å². The maximum atomic E-state index is 12.0.